The zero-order chi connectivity index (χ0) is 11.4. The second-order valence-electron chi connectivity index (χ2n) is 3.23. The predicted octanol–water partition coefficient (Wildman–Crippen LogP) is 1.18. The molecule has 0 amide bonds. The Hall–Kier alpha value is -1.55. The van der Waals surface area contributed by atoms with Crippen molar-refractivity contribution in [2.75, 3.05) is 14.2 Å². The van der Waals surface area contributed by atoms with Gasteiger partial charge in [-0.05, 0) is 24.1 Å². The topological polar surface area (TPSA) is 61.5 Å². The third kappa shape index (κ3) is 2.47. The Labute approximate surface area is 89.0 Å². The minimum Gasteiger partial charge on any atom is -0.496 e. The van der Waals surface area contributed by atoms with Gasteiger partial charge in [0.05, 0.1) is 14.2 Å². The summed E-state index contributed by atoms with van der Waals surface area (Å²) in [5.41, 5.74) is 7.36. The monoisotopic (exact) mass is 209 g/mol. The van der Waals surface area contributed by atoms with E-state index in [1.165, 1.54) is 7.11 Å². The molecule has 0 spiro atoms. The standard InChI is InChI=1S/C11H15NO3/c1-7-6-8(4-5-9(7)14-2)10(12)11(13)15-3/h4-6,10H,12H2,1-3H3/t10-/m0/s1. The Bertz CT molecular complexity index is 363. The van der Waals surface area contributed by atoms with E-state index in [-0.39, 0.29) is 0 Å². The molecule has 4 nitrogen and oxygen atoms in total. The molecule has 0 saturated carbocycles. The van der Waals surface area contributed by atoms with Gasteiger partial charge in [-0.3, -0.25) is 4.79 Å². The average Bonchev–Trinajstić information content (AvgIpc) is 2.26. The van der Waals surface area contributed by atoms with Gasteiger partial charge in [0.2, 0.25) is 0 Å². The lowest BCUT2D eigenvalue weighted by atomic mass is 10.0. The fourth-order valence-corrected chi connectivity index (χ4v) is 1.36. The molecule has 15 heavy (non-hydrogen) atoms. The molecule has 1 atom stereocenters. The third-order valence-corrected chi connectivity index (χ3v) is 2.23. The minimum atomic E-state index is -0.736. The van der Waals surface area contributed by atoms with Crippen molar-refractivity contribution in [2.24, 2.45) is 5.73 Å². The van der Waals surface area contributed by atoms with E-state index in [2.05, 4.69) is 4.74 Å². The number of ether oxygens (including phenoxy) is 2. The van der Waals surface area contributed by atoms with E-state index in [0.29, 0.717) is 0 Å². The van der Waals surface area contributed by atoms with Crippen LogP contribution in [0.3, 0.4) is 0 Å². The normalized spacial score (nSPS) is 12.0. The van der Waals surface area contributed by atoms with Gasteiger partial charge in [-0.2, -0.15) is 0 Å². The zero-order valence-electron chi connectivity index (χ0n) is 9.11. The summed E-state index contributed by atoms with van der Waals surface area (Å²) in [5, 5.41) is 0. The lowest BCUT2D eigenvalue weighted by molar-refractivity contribution is -0.142. The molecule has 0 aliphatic rings. The Kier molecular flexibility index (Phi) is 3.68. The quantitative estimate of drug-likeness (QED) is 0.759. The molecule has 0 aliphatic heterocycles. The van der Waals surface area contributed by atoms with Gasteiger partial charge in [0.15, 0.2) is 0 Å². The van der Waals surface area contributed by atoms with E-state index in [4.69, 9.17) is 10.5 Å². The van der Waals surface area contributed by atoms with E-state index >= 15 is 0 Å². The summed E-state index contributed by atoms with van der Waals surface area (Å²) in [6.07, 6.45) is 0. The maximum Gasteiger partial charge on any atom is 0.327 e. The van der Waals surface area contributed by atoms with Gasteiger partial charge < -0.3 is 15.2 Å². The van der Waals surface area contributed by atoms with Crippen LogP contribution in [0.1, 0.15) is 17.2 Å². The molecule has 0 aromatic heterocycles. The van der Waals surface area contributed by atoms with Gasteiger partial charge in [0.1, 0.15) is 11.8 Å². The second kappa shape index (κ2) is 4.79. The Morgan fingerprint density at radius 1 is 1.40 bits per heavy atom. The van der Waals surface area contributed by atoms with Crippen LogP contribution in [0, 0.1) is 6.92 Å². The molecule has 4 heteroatoms. The molecule has 2 N–H and O–H groups in total. The number of nitrogens with two attached hydrogens (primary N) is 1. The fourth-order valence-electron chi connectivity index (χ4n) is 1.36. The summed E-state index contributed by atoms with van der Waals surface area (Å²) >= 11 is 0. The van der Waals surface area contributed by atoms with Gasteiger partial charge in [0.25, 0.3) is 0 Å². The number of carbonyl (C=O) groups is 1. The Balaban J connectivity index is 2.97. The van der Waals surface area contributed by atoms with Crippen molar-refractivity contribution in [1.82, 2.24) is 0 Å². The first-order chi connectivity index (χ1) is 7.10. The van der Waals surface area contributed by atoms with Crippen molar-refractivity contribution in [1.29, 1.82) is 0 Å². The van der Waals surface area contributed by atoms with E-state index in [9.17, 15) is 4.79 Å². The summed E-state index contributed by atoms with van der Waals surface area (Å²) in [6, 6.07) is 4.63. The maximum absolute atomic E-state index is 11.2. The minimum absolute atomic E-state index is 0.445. The number of rotatable bonds is 3. The molecule has 1 aromatic rings. The highest BCUT2D eigenvalue weighted by atomic mass is 16.5. The van der Waals surface area contributed by atoms with E-state index in [0.717, 1.165) is 16.9 Å². The van der Waals surface area contributed by atoms with Gasteiger partial charge in [-0.15, -0.1) is 0 Å². The largest absolute Gasteiger partial charge is 0.496 e. The average molecular weight is 209 g/mol. The number of hydrogen-bond donors (Lipinski definition) is 1. The summed E-state index contributed by atoms with van der Waals surface area (Å²) in [4.78, 5) is 11.2. The lowest BCUT2D eigenvalue weighted by Crippen LogP contribution is -2.22. The molecule has 82 valence electrons. The molecule has 1 aromatic carbocycles. The van der Waals surface area contributed by atoms with Crippen LogP contribution in [0.4, 0.5) is 0 Å². The fraction of sp³-hybridized carbons (Fsp3) is 0.364. The third-order valence-electron chi connectivity index (χ3n) is 2.23. The van der Waals surface area contributed by atoms with Crippen molar-refractivity contribution in [3.63, 3.8) is 0 Å². The molecule has 0 heterocycles. The molecule has 0 unspecified atom stereocenters. The Morgan fingerprint density at radius 3 is 2.53 bits per heavy atom. The van der Waals surface area contributed by atoms with Crippen LogP contribution in [0.2, 0.25) is 0 Å². The number of hydrogen-bond acceptors (Lipinski definition) is 4. The molecule has 0 saturated heterocycles. The second-order valence-corrected chi connectivity index (χ2v) is 3.23. The van der Waals surface area contributed by atoms with Crippen molar-refractivity contribution >= 4 is 5.97 Å². The van der Waals surface area contributed by atoms with Crippen LogP contribution in [-0.4, -0.2) is 20.2 Å². The van der Waals surface area contributed by atoms with E-state index in [1.54, 1.807) is 19.2 Å². The molecule has 0 radical (unpaired) electrons. The van der Waals surface area contributed by atoms with Gasteiger partial charge in [0, 0.05) is 0 Å². The summed E-state index contributed by atoms with van der Waals surface area (Å²) in [7, 11) is 2.92. The highest BCUT2D eigenvalue weighted by molar-refractivity contribution is 5.77. The van der Waals surface area contributed by atoms with E-state index in [1.807, 2.05) is 13.0 Å². The molecule has 0 bridgehead atoms. The maximum atomic E-state index is 11.2. The Morgan fingerprint density at radius 2 is 2.07 bits per heavy atom. The first-order valence-corrected chi connectivity index (χ1v) is 4.58. The molecule has 0 fully saturated rings. The number of aryl methyl sites for hydroxylation is 1. The predicted molar refractivity (Wildman–Crippen MR) is 56.7 cm³/mol. The van der Waals surface area contributed by atoms with Crippen molar-refractivity contribution in [2.45, 2.75) is 13.0 Å². The highest BCUT2D eigenvalue weighted by Crippen LogP contribution is 2.21. The first-order valence-electron chi connectivity index (χ1n) is 4.58. The van der Waals surface area contributed by atoms with Crippen LogP contribution in [0.5, 0.6) is 5.75 Å². The van der Waals surface area contributed by atoms with Crippen molar-refractivity contribution < 1.29 is 14.3 Å². The van der Waals surface area contributed by atoms with Gasteiger partial charge in [-0.25, -0.2) is 0 Å². The SMILES string of the molecule is COC(=O)[C@@H](N)c1ccc(OC)c(C)c1. The van der Waals surface area contributed by atoms with Crippen LogP contribution in [0.25, 0.3) is 0 Å². The van der Waals surface area contributed by atoms with Crippen molar-refractivity contribution in [3.05, 3.63) is 29.3 Å². The first kappa shape index (κ1) is 11.5. The summed E-state index contributed by atoms with van der Waals surface area (Å²) in [6.45, 7) is 1.90. The lowest BCUT2D eigenvalue weighted by Gasteiger charge is -2.11. The van der Waals surface area contributed by atoms with Crippen molar-refractivity contribution in [3.8, 4) is 5.75 Å². The van der Waals surface area contributed by atoms with Crippen LogP contribution in [0.15, 0.2) is 18.2 Å². The van der Waals surface area contributed by atoms with E-state index < -0.39 is 12.0 Å². The zero-order valence-corrected chi connectivity index (χ0v) is 9.11. The van der Waals surface area contributed by atoms with Crippen LogP contribution in [-0.2, 0) is 9.53 Å². The van der Waals surface area contributed by atoms with Gasteiger partial charge >= 0.3 is 5.97 Å². The van der Waals surface area contributed by atoms with Gasteiger partial charge in [-0.1, -0.05) is 12.1 Å². The summed E-state index contributed by atoms with van der Waals surface area (Å²) in [5.74, 6) is 0.329. The number of methoxy groups -OCH3 is 2. The molecule has 0 aliphatic carbocycles. The highest BCUT2D eigenvalue weighted by Gasteiger charge is 2.16. The molecular weight excluding hydrogens is 194 g/mol. The van der Waals surface area contributed by atoms with Crippen LogP contribution < -0.4 is 10.5 Å². The smallest absolute Gasteiger partial charge is 0.327 e. The summed E-state index contributed by atoms with van der Waals surface area (Å²) < 4.78 is 9.68. The number of carbonyl (C=O) groups excluding carboxylic acids is 1. The molecular formula is C11H15NO3. The number of benzene rings is 1. The van der Waals surface area contributed by atoms with Crippen LogP contribution >= 0.6 is 0 Å². The molecule has 1 rings (SSSR count). The number of esters is 1.